The summed E-state index contributed by atoms with van der Waals surface area (Å²) < 4.78 is 5.07. The van der Waals surface area contributed by atoms with E-state index in [4.69, 9.17) is 10.5 Å². The van der Waals surface area contributed by atoms with E-state index in [1.54, 1.807) is 25.3 Å². The van der Waals surface area contributed by atoms with Gasteiger partial charge in [0.25, 0.3) is 0 Å². The number of methoxy groups -OCH3 is 1. The first-order valence-electron chi connectivity index (χ1n) is 6.16. The van der Waals surface area contributed by atoms with Crippen molar-refractivity contribution in [2.45, 2.75) is 26.8 Å². The van der Waals surface area contributed by atoms with Crippen molar-refractivity contribution in [2.75, 3.05) is 19.4 Å². The van der Waals surface area contributed by atoms with Crippen molar-refractivity contribution >= 4 is 11.5 Å². The topological polar surface area (TPSA) is 64.3 Å². The molecule has 0 saturated carbocycles. The van der Waals surface area contributed by atoms with Gasteiger partial charge in [0.05, 0.1) is 18.8 Å². The highest BCUT2D eigenvalue weighted by molar-refractivity contribution is 6.00. The lowest BCUT2D eigenvalue weighted by Gasteiger charge is -2.15. The number of nitrogen functional groups attached to an aromatic ring is 1. The van der Waals surface area contributed by atoms with Crippen LogP contribution in [0.25, 0.3) is 0 Å². The van der Waals surface area contributed by atoms with E-state index in [-0.39, 0.29) is 11.8 Å². The third-order valence-electron chi connectivity index (χ3n) is 2.74. The van der Waals surface area contributed by atoms with Gasteiger partial charge < -0.3 is 15.8 Å². The Balaban J connectivity index is 2.74. The third-order valence-corrected chi connectivity index (χ3v) is 2.74. The van der Waals surface area contributed by atoms with Crippen molar-refractivity contribution in [1.29, 1.82) is 0 Å². The smallest absolute Gasteiger partial charge is 0.179 e. The Morgan fingerprint density at radius 3 is 2.56 bits per heavy atom. The van der Waals surface area contributed by atoms with Gasteiger partial charge in [-0.2, -0.15) is 0 Å². The summed E-state index contributed by atoms with van der Waals surface area (Å²) in [5.41, 5.74) is 6.89. The van der Waals surface area contributed by atoms with E-state index in [9.17, 15) is 4.79 Å². The molecule has 0 aromatic heterocycles. The van der Waals surface area contributed by atoms with Crippen LogP contribution in [-0.4, -0.2) is 25.5 Å². The Morgan fingerprint density at radius 1 is 1.39 bits per heavy atom. The van der Waals surface area contributed by atoms with E-state index in [1.807, 2.05) is 6.92 Å². The molecule has 18 heavy (non-hydrogen) atoms. The van der Waals surface area contributed by atoms with Crippen molar-refractivity contribution < 1.29 is 9.53 Å². The fourth-order valence-corrected chi connectivity index (χ4v) is 1.64. The molecule has 4 heteroatoms. The Hall–Kier alpha value is -1.55. The molecule has 0 fully saturated rings. The molecule has 0 aliphatic heterocycles. The van der Waals surface area contributed by atoms with Crippen molar-refractivity contribution in [1.82, 2.24) is 5.32 Å². The van der Waals surface area contributed by atoms with Gasteiger partial charge in [-0.05, 0) is 37.6 Å². The average molecular weight is 250 g/mol. The quantitative estimate of drug-likeness (QED) is 0.599. The molecular formula is C14H22N2O2. The Labute approximate surface area is 109 Å². The van der Waals surface area contributed by atoms with Crippen LogP contribution < -0.4 is 15.8 Å². The van der Waals surface area contributed by atoms with Crippen LogP contribution in [0.5, 0.6) is 5.75 Å². The molecule has 1 unspecified atom stereocenters. The number of ketones is 1. The molecule has 0 spiro atoms. The lowest BCUT2D eigenvalue weighted by Crippen LogP contribution is -2.36. The fraction of sp³-hybridized carbons (Fsp3) is 0.500. The first-order chi connectivity index (χ1) is 8.45. The minimum absolute atomic E-state index is 0.0463. The van der Waals surface area contributed by atoms with Gasteiger partial charge in [-0.15, -0.1) is 0 Å². The van der Waals surface area contributed by atoms with Gasteiger partial charge in [0.2, 0.25) is 0 Å². The second-order valence-corrected chi connectivity index (χ2v) is 4.84. The summed E-state index contributed by atoms with van der Waals surface area (Å²) in [6, 6.07) is 4.91. The van der Waals surface area contributed by atoms with Crippen LogP contribution in [0.15, 0.2) is 18.2 Å². The number of nitrogens with one attached hydrogen (secondary N) is 1. The molecule has 4 nitrogen and oxygen atoms in total. The monoisotopic (exact) mass is 250 g/mol. The van der Waals surface area contributed by atoms with Crippen LogP contribution in [0.1, 0.15) is 31.1 Å². The summed E-state index contributed by atoms with van der Waals surface area (Å²) in [6.07, 6.45) is 0. The van der Waals surface area contributed by atoms with E-state index in [2.05, 4.69) is 19.2 Å². The lowest BCUT2D eigenvalue weighted by atomic mass is 10.0. The number of anilines is 1. The standard InChI is InChI=1S/C14H22N2O2/c1-9(2)8-16-10(3)14(17)11-5-6-13(18-4)12(15)7-11/h5-7,9-10,16H,8,15H2,1-4H3. The summed E-state index contributed by atoms with van der Waals surface area (Å²) in [5, 5.41) is 3.21. The molecule has 1 aromatic rings. The van der Waals surface area contributed by atoms with Gasteiger partial charge in [-0.3, -0.25) is 4.79 Å². The third kappa shape index (κ3) is 3.74. The van der Waals surface area contributed by atoms with Gasteiger partial charge >= 0.3 is 0 Å². The van der Waals surface area contributed by atoms with Gasteiger partial charge in [0.1, 0.15) is 5.75 Å². The van der Waals surface area contributed by atoms with E-state index in [0.29, 0.717) is 22.9 Å². The molecule has 1 rings (SSSR count). The van der Waals surface area contributed by atoms with Crippen LogP contribution in [0.4, 0.5) is 5.69 Å². The minimum atomic E-state index is -0.208. The maximum absolute atomic E-state index is 12.2. The highest BCUT2D eigenvalue weighted by Gasteiger charge is 2.16. The number of benzene rings is 1. The summed E-state index contributed by atoms with van der Waals surface area (Å²) in [6.45, 7) is 6.90. The molecule has 0 aliphatic rings. The summed E-state index contributed by atoms with van der Waals surface area (Å²) in [7, 11) is 1.56. The Kier molecular flexibility index (Phi) is 5.16. The number of ether oxygens (including phenoxy) is 1. The lowest BCUT2D eigenvalue weighted by molar-refractivity contribution is 0.0949. The van der Waals surface area contributed by atoms with Crippen molar-refractivity contribution in [3.05, 3.63) is 23.8 Å². The normalized spacial score (nSPS) is 12.5. The van der Waals surface area contributed by atoms with Crippen molar-refractivity contribution in [3.8, 4) is 5.75 Å². The van der Waals surface area contributed by atoms with Crippen LogP contribution >= 0.6 is 0 Å². The van der Waals surface area contributed by atoms with Crippen molar-refractivity contribution in [2.24, 2.45) is 5.92 Å². The molecule has 0 saturated heterocycles. The molecule has 0 amide bonds. The number of carbonyl (C=O) groups excluding carboxylic acids is 1. The van der Waals surface area contributed by atoms with E-state index in [1.165, 1.54) is 0 Å². The number of carbonyl (C=O) groups is 1. The number of Topliss-reactive ketones (excluding diaryl/α,β-unsaturated/α-hetero) is 1. The Bertz CT molecular complexity index is 416. The number of hydrogen-bond acceptors (Lipinski definition) is 4. The summed E-state index contributed by atoms with van der Waals surface area (Å²) >= 11 is 0. The molecule has 1 atom stereocenters. The molecule has 100 valence electrons. The van der Waals surface area contributed by atoms with Crippen LogP contribution in [0.2, 0.25) is 0 Å². The molecule has 3 N–H and O–H groups in total. The zero-order valence-electron chi connectivity index (χ0n) is 11.5. The molecule has 0 bridgehead atoms. The van der Waals surface area contributed by atoms with Crippen LogP contribution in [0.3, 0.4) is 0 Å². The van der Waals surface area contributed by atoms with E-state index < -0.39 is 0 Å². The number of nitrogens with two attached hydrogens (primary N) is 1. The number of rotatable bonds is 6. The second kappa shape index (κ2) is 6.40. The van der Waals surface area contributed by atoms with Crippen LogP contribution in [0, 0.1) is 5.92 Å². The predicted octanol–water partition coefficient (Wildman–Crippen LogP) is 2.09. The maximum Gasteiger partial charge on any atom is 0.179 e. The Morgan fingerprint density at radius 2 is 2.06 bits per heavy atom. The van der Waals surface area contributed by atoms with Gasteiger partial charge in [0.15, 0.2) is 5.78 Å². The minimum Gasteiger partial charge on any atom is -0.495 e. The first kappa shape index (κ1) is 14.5. The fourth-order valence-electron chi connectivity index (χ4n) is 1.64. The largest absolute Gasteiger partial charge is 0.495 e. The average Bonchev–Trinajstić information content (AvgIpc) is 2.34. The van der Waals surface area contributed by atoms with E-state index >= 15 is 0 Å². The maximum atomic E-state index is 12.2. The summed E-state index contributed by atoms with van der Waals surface area (Å²) in [4.78, 5) is 12.2. The van der Waals surface area contributed by atoms with Crippen molar-refractivity contribution in [3.63, 3.8) is 0 Å². The zero-order chi connectivity index (χ0) is 13.7. The summed E-state index contributed by atoms with van der Waals surface area (Å²) in [5.74, 6) is 1.15. The second-order valence-electron chi connectivity index (χ2n) is 4.84. The van der Waals surface area contributed by atoms with Gasteiger partial charge in [-0.25, -0.2) is 0 Å². The molecule has 0 aliphatic carbocycles. The SMILES string of the molecule is COc1ccc(C(=O)C(C)NCC(C)C)cc1N. The van der Waals surface area contributed by atoms with Gasteiger partial charge in [-0.1, -0.05) is 13.8 Å². The molecule has 0 heterocycles. The zero-order valence-corrected chi connectivity index (χ0v) is 11.5. The van der Waals surface area contributed by atoms with Crippen LogP contribution in [-0.2, 0) is 0 Å². The van der Waals surface area contributed by atoms with E-state index in [0.717, 1.165) is 6.54 Å². The molecular weight excluding hydrogens is 228 g/mol. The van der Waals surface area contributed by atoms with Gasteiger partial charge in [0, 0.05) is 5.56 Å². The molecule has 0 radical (unpaired) electrons. The molecule has 1 aromatic carbocycles. The highest BCUT2D eigenvalue weighted by Crippen LogP contribution is 2.22. The highest BCUT2D eigenvalue weighted by atomic mass is 16.5. The number of hydrogen-bond donors (Lipinski definition) is 2. The predicted molar refractivity (Wildman–Crippen MR) is 74.0 cm³/mol. The first-order valence-corrected chi connectivity index (χ1v) is 6.16.